The van der Waals surface area contributed by atoms with Gasteiger partial charge in [-0.25, -0.2) is 0 Å². The summed E-state index contributed by atoms with van der Waals surface area (Å²) in [6.45, 7) is 1.67. The molecule has 0 aliphatic carbocycles. The van der Waals surface area contributed by atoms with Gasteiger partial charge in [-0.1, -0.05) is 12.1 Å². The number of carbonyl (C=O) groups excluding carboxylic acids is 1. The lowest BCUT2D eigenvalue weighted by Crippen LogP contribution is -2.16. The Morgan fingerprint density at radius 2 is 2.33 bits per heavy atom. The molecule has 1 aromatic carbocycles. The molecule has 0 fully saturated rings. The zero-order valence-corrected chi connectivity index (χ0v) is 8.34. The molecule has 15 heavy (non-hydrogen) atoms. The van der Waals surface area contributed by atoms with E-state index in [2.05, 4.69) is 0 Å². The summed E-state index contributed by atoms with van der Waals surface area (Å²) in [5, 5.41) is 8.53. The second-order valence-electron chi connectivity index (χ2n) is 3.22. The van der Waals surface area contributed by atoms with Crippen molar-refractivity contribution in [3.05, 3.63) is 29.8 Å². The second kappa shape index (κ2) is 5.14. The number of hydrogen-bond acceptors (Lipinski definition) is 3. The van der Waals surface area contributed by atoms with E-state index in [1.165, 1.54) is 0 Å². The van der Waals surface area contributed by atoms with Gasteiger partial charge < -0.3 is 9.84 Å². The summed E-state index contributed by atoms with van der Waals surface area (Å²) in [6.07, 6.45) is 0.240. The number of carbonyl (C=O) groups is 2. The Kier molecular flexibility index (Phi) is 3.85. The summed E-state index contributed by atoms with van der Waals surface area (Å²) >= 11 is 0. The normalized spacial score (nSPS) is 11.8. The molecular weight excluding hydrogens is 196 g/mol. The van der Waals surface area contributed by atoms with E-state index in [0.717, 1.165) is 0 Å². The lowest BCUT2D eigenvalue weighted by molar-refractivity contribution is -0.138. The predicted molar refractivity (Wildman–Crippen MR) is 54.2 cm³/mol. The van der Waals surface area contributed by atoms with Crippen molar-refractivity contribution < 1.29 is 19.4 Å². The van der Waals surface area contributed by atoms with Crippen LogP contribution in [0.4, 0.5) is 0 Å². The summed E-state index contributed by atoms with van der Waals surface area (Å²) < 4.78 is 5.33. The van der Waals surface area contributed by atoms with Gasteiger partial charge in [0.1, 0.15) is 18.1 Å². The van der Waals surface area contributed by atoms with Gasteiger partial charge in [-0.3, -0.25) is 9.59 Å². The topological polar surface area (TPSA) is 63.6 Å². The Balaban J connectivity index is 2.63. The molecule has 0 bridgehead atoms. The summed E-state index contributed by atoms with van der Waals surface area (Å²) in [7, 11) is 0. The van der Waals surface area contributed by atoms with Crippen LogP contribution in [0.2, 0.25) is 0 Å². The quantitative estimate of drug-likeness (QED) is 0.748. The van der Waals surface area contributed by atoms with Crippen LogP contribution in [-0.4, -0.2) is 23.5 Å². The van der Waals surface area contributed by atoms with Gasteiger partial charge in [0.05, 0.1) is 6.42 Å². The summed E-state index contributed by atoms with van der Waals surface area (Å²) in [5.74, 6) is -0.401. The summed E-state index contributed by atoms with van der Waals surface area (Å²) in [6, 6.07) is 6.60. The van der Waals surface area contributed by atoms with Crippen LogP contribution in [0.1, 0.15) is 23.7 Å². The smallest absolute Gasteiger partial charge is 0.307 e. The van der Waals surface area contributed by atoms with Crippen LogP contribution in [0.3, 0.4) is 0 Å². The van der Waals surface area contributed by atoms with Crippen molar-refractivity contribution >= 4 is 12.3 Å². The number of carboxylic acid groups (broad SMARTS) is 1. The number of aldehydes is 1. The van der Waals surface area contributed by atoms with Crippen LogP contribution in [0.25, 0.3) is 0 Å². The molecule has 0 saturated heterocycles. The van der Waals surface area contributed by atoms with E-state index in [4.69, 9.17) is 9.84 Å². The molecule has 0 spiro atoms. The largest absolute Gasteiger partial charge is 0.490 e. The minimum absolute atomic E-state index is 0.0642. The molecule has 80 valence electrons. The van der Waals surface area contributed by atoms with Gasteiger partial charge >= 0.3 is 5.97 Å². The number of rotatable bonds is 5. The van der Waals surface area contributed by atoms with Crippen LogP contribution in [0, 0.1) is 0 Å². The average molecular weight is 208 g/mol. The molecule has 1 rings (SSSR count). The highest BCUT2D eigenvalue weighted by atomic mass is 16.5. The molecular formula is C11H12O4. The van der Waals surface area contributed by atoms with Crippen molar-refractivity contribution in [2.75, 3.05) is 0 Å². The first-order valence-corrected chi connectivity index (χ1v) is 4.55. The molecule has 0 radical (unpaired) electrons. The maximum Gasteiger partial charge on any atom is 0.307 e. The molecule has 0 heterocycles. The highest BCUT2D eigenvalue weighted by Crippen LogP contribution is 2.14. The fraction of sp³-hybridized carbons (Fsp3) is 0.273. The second-order valence-corrected chi connectivity index (χ2v) is 3.22. The van der Waals surface area contributed by atoms with Crippen LogP contribution in [0.15, 0.2) is 24.3 Å². The van der Waals surface area contributed by atoms with Crippen LogP contribution in [-0.2, 0) is 4.79 Å². The van der Waals surface area contributed by atoms with Crippen molar-refractivity contribution in [1.29, 1.82) is 0 Å². The zero-order valence-electron chi connectivity index (χ0n) is 8.34. The minimum Gasteiger partial charge on any atom is -0.490 e. The third-order valence-corrected chi connectivity index (χ3v) is 1.79. The molecule has 1 atom stereocenters. The lowest BCUT2D eigenvalue weighted by Gasteiger charge is -2.12. The van der Waals surface area contributed by atoms with Gasteiger partial charge in [0, 0.05) is 5.56 Å². The molecule has 4 heteroatoms. The zero-order chi connectivity index (χ0) is 11.3. The van der Waals surface area contributed by atoms with Gasteiger partial charge in [-0.2, -0.15) is 0 Å². The minimum atomic E-state index is -0.908. The van der Waals surface area contributed by atoms with Crippen LogP contribution < -0.4 is 4.74 Å². The fourth-order valence-corrected chi connectivity index (χ4v) is 1.18. The monoisotopic (exact) mass is 208 g/mol. The van der Waals surface area contributed by atoms with E-state index in [-0.39, 0.29) is 6.42 Å². The van der Waals surface area contributed by atoms with E-state index in [0.29, 0.717) is 17.6 Å². The van der Waals surface area contributed by atoms with Gasteiger partial charge in [-0.15, -0.1) is 0 Å². The van der Waals surface area contributed by atoms with Crippen molar-refractivity contribution in [2.24, 2.45) is 0 Å². The predicted octanol–water partition coefficient (Wildman–Crippen LogP) is 1.74. The number of carboxylic acids is 1. The summed E-state index contributed by atoms with van der Waals surface area (Å²) in [4.78, 5) is 20.9. The number of aliphatic carboxylic acids is 1. The molecule has 4 nitrogen and oxygen atoms in total. The van der Waals surface area contributed by atoms with Gasteiger partial charge in [0.25, 0.3) is 0 Å². The van der Waals surface area contributed by atoms with E-state index in [1.54, 1.807) is 31.2 Å². The van der Waals surface area contributed by atoms with E-state index in [1.807, 2.05) is 0 Å². The van der Waals surface area contributed by atoms with E-state index < -0.39 is 12.1 Å². The standard InChI is InChI=1S/C11H12O4/c1-8(5-11(13)14)15-10-4-2-3-9(6-10)7-12/h2-4,6-8H,5H2,1H3,(H,13,14). The van der Waals surface area contributed by atoms with Crippen molar-refractivity contribution in [2.45, 2.75) is 19.4 Å². The van der Waals surface area contributed by atoms with E-state index in [9.17, 15) is 9.59 Å². The molecule has 0 aliphatic rings. The Morgan fingerprint density at radius 1 is 1.60 bits per heavy atom. The highest BCUT2D eigenvalue weighted by Gasteiger charge is 2.08. The molecule has 0 saturated carbocycles. The lowest BCUT2D eigenvalue weighted by atomic mass is 10.2. The first-order chi connectivity index (χ1) is 7.11. The molecule has 0 amide bonds. The summed E-state index contributed by atoms with van der Waals surface area (Å²) in [5.41, 5.74) is 0.509. The van der Waals surface area contributed by atoms with Crippen molar-refractivity contribution in [3.8, 4) is 5.75 Å². The maximum atomic E-state index is 10.5. The van der Waals surface area contributed by atoms with Gasteiger partial charge in [-0.05, 0) is 19.1 Å². The Hall–Kier alpha value is -1.84. The van der Waals surface area contributed by atoms with Crippen molar-refractivity contribution in [3.63, 3.8) is 0 Å². The van der Waals surface area contributed by atoms with E-state index >= 15 is 0 Å². The maximum absolute atomic E-state index is 10.5. The average Bonchev–Trinajstić information content (AvgIpc) is 2.16. The molecule has 1 aromatic rings. The Bertz CT molecular complexity index is 359. The number of ether oxygens (including phenoxy) is 1. The Labute approximate surface area is 87.5 Å². The Morgan fingerprint density at radius 3 is 2.93 bits per heavy atom. The first kappa shape index (κ1) is 11.2. The third kappa shape index (κ3) is 3.81. The first-order valence-electron chi connectivity index (χ1n) is 4.55. The molecule has 1 N–H and O–H groups in total. The highest BCUT2D eigenvalue weighted by molar-refractivity contribution is 5.75. The third-order valence-electron chi connectivity index (χ3n) is 1.79. The molecule has 0 aliphatic heterocycles. The SMILES string of the molecule is CC(CC(=O)O)Oc1cccc(C=O)c1. The fourth-order valence-electron chi connectivity index (χ4n) is 1.18. The number of hydrogen-bond donors (Lipinski definition) is 1. The molecule has 1 unspecified atom stereocenters. The molecule has 0 aromatic heterocycles. The van der Waals surface area contributed by atoms with Crippen LogP contribution in [0.5, 0.6) is 5.75 Å². The van der Waals surface area contributed by atoms with Crippen LogP contribution >= 0.6 is 0 Å². The number of benzene rings is 1. The van der Waals surface area contributed by atoms with Gasteiger partial charge in [0.15, 0.2) is 0 Å². The van der Waals surface area contributed by atoms with Crippen molar-refractivity contribution in [1.82, 2.24) is 0 Å². The van der Waals surface area contributed by atoms with Gasteiger partial charge in [0.2, 0.25) is 0 Å².